The highest BCUT2D eigenvalue weighted by Crippen LogP contribution is 2.38. The first-order valence-corrected chi connectivity index (χ1v) is 17.0. The summed E-state index contributed by atoms with van der Waals surface area (Å²) in [5.74, 6) is -1.95. The lowest BCUT2D eigenvalue weighted by Gasteiger charge is -2.25. The molecule has 246 valence electrons. The molecule has 3 N–H and O–H groups in total. The number of thioether (sulfide) groups is 1. The summed E-state index contributed by atoms with van der Waals surface area (Å²) in [4.78, 5) is 67.2. The predicted molar refractivity (Wildman–Crippen MR) is 188 cm³/mol. The molecule has 4 amide bonds. The second-order valence-electron chi connectivity index (χ2n) is 10.6. The second-order valence-corrected chi connectivity index (χ2v) is 13.2. The number of anilines is 2. The van der Waals surface area contributed by atoms with Gasteiger partial charge in [-0.15, -0.1) is 23.1 Å². The Bertz CT molecular complexity index is 1910. The van der Waals surface area contributed by atoms with E-state index in [1.54, 1.807) is 83.8 Å². The van der Waals surface area contributed by atoms with Crippen LogP contribution >= 0.6 is 34.7 Å². The van der Waals surface area contributed by atoms with Crippen molar-refractivity contribution in [2.24, 2.45) is 0 Å². The average Bonchev–Trinajstić information content (AvgIpc) is 3.45. The van der Waals surface area contributed by atoms with Crippen LogP contribution in [-0.4, -0.2) is 53.9 Å². The molecule has 1 aromatic heterocycles. The molecule has 10 nitrogen and oxygen atoms in total. The number of fused-ring (bicyclic) bond motifs is 1. The Morgan fingerprint density at radius 3 is 2.46 bits per heavy atom. The third-order valence-electron chi connectivity index (χ3n) is 7.34. The summed E-state index contributed by atoms with van der Waals surface area (Å²) in [7, 11) is 1.29. The number of methoxy groups -OCH3 is 1. The Hall–Kier alpha value is -4.91. The van der Waals surface area contributed by atoms with E-state index in [0.717, 1.165) is 10.4 Å². The number of hydrogen-bond acceptors (Lipinski definition) is 8. The van der Waals surface area contributed by atoms with Crippen LogP contribution in [0.4, 0.5) is 10.7 Å². The van der Waals surface area contributed by atoms with Crippen molar-refractivity contribution in [1.29, 1.82) is 0 Å². The molecule has 0 aliphatic carbocycles. The van der Waals surface area contributed by atoms with Gasteiger partial charge in [0.1, 0.15) is 10.7 Å². The fraction of sp³-hybridized carbons (Fsp3) is 0.171. The van der Waals surface area contributed by atoms with Crippen LogP contribution in [-0.2, 0) is 32.1 Å². The Morgan fingerprint density at radius 2 is 1.73 bits per heavy atom. The van der Waals surface area contributed by atoms with Crippen molar-refractivity contribution >= 4 is 81.1 Å². The summed E-state index contributed by atoms with van der Waals surface area (Å²) in [6.07, 6.45) is 1.99. The van der Waals surface area contributed by atoms with Crippen molar-refractivity contribution in [3.63, 3.8) is 0 Å². The standard InChI is InChI=1S/C35H31ClN4O6S2/c1-21(41)40-16-15-26-29(19-40)48-34(31(26)35(45)46-2)39-30(42)20-47-25-13-8-12-24(18-25)37-33(44)28(17-23-11-6-7-14-27(23)36)38-32(43)22-9-4-3-5-10-22/h3-14,17-18H,15-16,19-20H2,1-2H3,(H,37,44)(H,38,43)(H,39,42)/b28-17+. The summed E-state index contributed by atoms with van der Waals surface area (Å²) in [5.41, 5.74) is 2.47. The largest absolute Gasteiger partial charge is 0.465 e. The summed E-state index contributed by atoms with van der Waals surface area (Å²) >= 11 is 8.84. The summed E-state index contributed by atoms with van der Waals surface area (Å²) < 4.78 is 4.99. The van der Waals surface area contributed by atoms with Gasteiger partial charge in [-0.1, -0.05) is 54.1 Å². The number of halogens is 1. The van der Waals surface area contributed by atoms with Crippen LogP contribution in [0.1, 0.15) is 43.6 Å². The third kappa shape index (κ3) is 8.51. The molecular weight excluding hydrogens is 672 g/mol. The first-order valence-electron chi connectivity index (χ1n) is 14.8. The molecule has 0 bridgehead atoms. The van der Waals surface area contributed by atoms with E-state index in [9.17, 15) is 24.0 Å². The minimum absolute atomic E-state index is 0.0131. The van der Waals surface area contributed by atoms with E-state index < -0.39 is 17.8 Å². The Labute approximate surface area is 290 Å². The van der Waals surface area contributed by atoms with E-state index in [1.165, 1.54) is 43.2 Å². The predicted octanol–water partition coefficient (Wildman–Crippen LogP) is 6.23. The van der Waals surface area contributed by atoms with Crippen LogP contribution in [0.5, 0.6) is 0 Å². The molecule has 0 saturated carbocycles. The number of carbonyl (C=O) groups is 5. The minimum atomic E-state index is -0.570. The number of amides is 4. The number of carbonyl (C=O) groups excluding carboxylic acids is 5. The Morgan fingerprint density at radius 1 is 0.979 bits per heavy atom. The van der Waals surface area contributed by atoms with Crippen molar-refractivity contribution < 1.29 is 28.7 Å². The van der Waals surface area contributed by atoms with E-state index in [4.69, 9.17) is 16.3 Å². The maximum atomic E-state index is 13.5. The molecule has 0 radical (unpaired) electrons. The normalized spacial score (nSPS) is 12.5. The molecule has 5 rings (SSSR count). The number of rotatable bonds is 10. The highest BCUT2D eigenvalue weighted by Gasteiger charge is 2.30. The summed E-state index contributed by atoms with van der Waals surface area (Å²) in [5, 5.41) is 9.15. The number of nitrogens with one attached hydrogen (secondary N) is 3. The van der Waals surface area contributed by atoms with Crippen molar-refractivity contribution in [1.82, 2.24) is 10.2 Å². The fourth-order valence-corrected chi connectivity index (χ4v) is 7.15. The van der Waals surface area contributed by atoms with Gasteiger partial charge in [0.2, 0.25) is 11.8 Å². The van der Waals surface area contributed by atoms with Crippen LogP contribution in [0.25, 0.3) is 6.08 Å². The van der Waals surface area contributed by atoms with Gasteiger partial charge in [0.15, 0.2) is 0 Å². The van der Waals surface area contributed by atoms with E-state index in [-0.39, 0.29) is 23.3 Å². The monoisotopic (exact) mass is 702 g/mol. The first kappa shape index (κ1) is 34.4. The average molecular weight is 703 g/mol. The van der Waals surface area contributed by atoms with Crippen molar-refractivity contribution in [2.45, 2.75) is 24.8 Å². The molecule has 0 spiro atoms. The van der Waals surface area contributed by atoms with Gasteiger partial charge < -0.3 is 25.6 Å². The smallest absolute Gasteiger partial charge is 0.341 e. The van der Waals surface area contributed by atoms with Gasteiger partial charge in [0.25, 0.3) is 11.8 Å². The van der Waals surface area contributed by atoms with E-state index in [1.807, 2.05) is 0 Å². The second kappa shape index (κ2) is 15.8. The number of ether oxygens (including phenoxy) is 1. The lowest BCUT2D eigenvalue weighted by Crippen LogP contribution is -2.33. The quantitative estimate of drug-likeness (QED) is 0.101. The zero-order valence-corrected chi connectivity index (χ0v) is 28.4. The summed E-state index contributed by atoms with van der Waals surface area (Å²) in [6, 6.07) is 22.4. The number of esters is 1. The topological polar surface area (TPSA) is 134 Å². The number of hydrogen-bond donors (Lipinski definition) is 3. The van der Waals surface area contributed by atoms with Crippen molar-refractivity contribution in [3.05, 3.63) is 117 Å². The lowest BCUT2D eigenvalue weighted by atomic mass is 10.0. The van der Waals surface area contributed by atoms with E-state index in [0.29, 0.717) is 56.8 Å². The maximum Gasteiger partial charge on any atom is 0.341 e. The van der Waals surface area contributed by atoms with Crippen LogP contribution in [0.15, 0.2) is 89.5 Å². The molecule has 0 saturated heterocycles. The highest BCUT2D eigenvalue weighted by molar-refractivity contribution is 8.00. The molecule has 2 heterocycles. The molecule has 0 fully saturated rings. The third-order valence-corrected chi connectivity index (χ3v) is 9.81. The summed E-state index contributed by atoms with van der Waals surface area (Å²) in [6.45, 7) is 2.35. The van der Waals surface area contributed by atoms with Crippen molar-refractivity contribution in [2.75, 3.05) is 30.0 Å². The van der Waals surface area contributed by atoms with Crippen LogP contribution in [0.2, 0.25) is 5.02 Å². The zero-order chi connectivity index (χ0) is 34.2. The van der Waals surface area contributed by atoms with Gasteiger partial charge in [0, 0.05) is 39.5 Å². The van der Waals surface area contributed by atoms with Gasteiger partial charge in [0.05, 0.1) is 25.0 Å². The van der Waals surface area contributed by atoms with Crippen LogP contribution in [0.3, 0.4) is 0 Å². The SMILES string of the molecule is COC(=O)c1c(NC(=O)CSc2cccc(NC(=O)/C(=C\c3ccccc3Cl)NC(=O)c3ccccc3)c2)sc2c1CCN(C(C)=O)C2. The molecule has 3 aromatic carbocycles. The molecule has 4 aromatic rings. The molecule has 1 aliphatic heterocycles. The Balaban J connectivity index is 1.27. The maximum absolute atomic E-state index is 13.5. The molecular formula is C35H31ClN4O6S2. The zero-order valence-electron chi connectivity index (χ0n) is 26.0. The first-order chi connectivity index (χ1) is 23.1. The molecule has 13 heteroatoms. The molecule has 48 heavy (non-hydrogen) atoms. The molecule has 1 aliphatic rings. The van der Waals surface area contributed by atoms with Crippen LogP contribution < -0.4 is 16.0 Å². The molecule has 0 unspecified atom stereocenters. The minimum Gasteiger partial charge on any atom is -0.465 e. The number of nitrogens with zero attached hydrogens (tertiary/aromatic N) is 1. The highest BCUT2D eigenvalue weighted by atomic mass is 35.5. The van der Waals surface area contributed by atoms with Crippen LogP contribution in [0, 0.1) is 0 Å². The van der Waals surface area contributed by atoms with E-state index in [2.05, 4.69) is 16.0 Å². The van der Waals surface area contributed by atoms with Gasteiger partial charge in [-0.3, -0.25) is 19.2 Å². The van der Waals surface area contributed by atoms with Gasteiger partial charge in [-0.25, -0.2) is 4.79 Å². The number of thiophene rings is 1. The Kier molecular flexibility index (Phi) is 11.3. The van der Waals surface area contributed by atoms with E-state index >= 15 is 0 Å². The lowest BCUT2D eigenvalue weighted by molar-refractivity contribution is -0.129. The van der Waals surface area contributed by atoms with Crippen molar-refractivity contribution in [3.8, 4) is 0 Å². The van der Waals surface area contributed by atoms with Gasteiger partial charge in [-0.2, -0.15) is 0 Å². The number of benzene rings is 3. The van der Waals surface area contributed by atoms with Gasteiger partial charge in [-0.05, 0) is 60.0 Å². The van der Waals surface area contributed by atoms with Gasteiger partial charge >= 0.3 is 5.97 Å². The molecule has 0 atom stereocenters. The fourth-order valence-electron chi connectivity index (χ4n) is 4.94.